The van der Waals surface area contributed by atoms with E-state index in [-0.39, 0.29) is 0 Å². The monoisotopic (exact) mass is 256 g/mol. The Balaban J connectivity index is 2.41. The summed E-state index contributed by atoms with van der Waals surface area (Å²) in [6, 6.07) is 0. The quantitative estimate of drug-likeness (QED) is 0.750. The van der Waals surface area contributed by atoms with E-state index >= 15 is 0 Å². The van der Waals surface area contributed by atoms with E-state index < -0.39 is 0 Å². The lowest BCUT2D eigenvalue weighted by molar-refractivity contribution is 0.473. The Morgan fingerprint density at radius 3 is 2.65 bits per heavy atom. The molecule has 1 rings (SSSR count). The first kappa shape index (κ1) is 14.4. The first-order valence-corrected chi connectivity index (χ1v) is 7.22. The maximum absolute atomic E-state index is 5.62. The van der Waals surface area contributed by atoms with E-state index in [1.807, 2.05) is 0 Å². The van der Waals surface area contributed by atoms with Crippen LogP contribution in [0.25, 0.3) is 0 Å². The van der Waals surface area contributed by atoms with Crippen LogP contribution in [0.15, 0.2) is 0 Å². The Hall–Kier alpha value is -0.680. The van der Waals surface area contributed by atoms with Crippen LogP contribution in [0.3, 0.4) is 0 Å². The fourth-order valence-corrected chi connectivity index (χ4v) is 2.48. The summed E-state index contributed by atoms with van der Waals surface area (Å²) in [6.07, 6.45) is 3.51. The summed E-state index contributed by atoms with van der Waals surface area (Å²) in [7, 11) is 0. The number of rotatable bonds is 8. The van der Waals surface area contributed by atoms with E-state index in [1.54, 1.807) is 0 Å². The van der Waals surface area contributed by atoms with Gasteiger partial charge in [-0.1, -0.05) is 27.2 Å². The highest BCUT2D eigenvalue weighted by atomic mass is 32.1. The van der Waals surface area contributed by atoms with Gasteiger partial charge in [-0.3, -0.25) is 0 Å². The number of nitrogens with zero attached hydrogens (tertiary/aromatic N) is 2. The van der Waals surface area contributed by atoms with Crippen LogP contribution < -0.4 is 11.1 Å². The number of hydrogen-bond acceptors (Lipinski definition) is 5. The fraction of sp³-hybridized carbons (Fsp3) is 0.833. The van der Waals surface area contributed by atoms with Crippen molar-refractivity contribution in [2.75, 3.05) is 18.4 Å². The van der Waals surface area contributed by atoms with E-state index in [4.69, 9.17) is 5.73 Å². The van der Waals surface area contributed by atoms with E-state index in [2.05, 4.69) is 35.4 Å². The van der Waals surface area contributed by atoms with E-state index in [0.29, 0.717) is 11.8 Å². The van der Waals surface area contributed by atoms with Gasteiger partial charge in [0.25, 0.3) is 0 Å². The van der Waals surface area contributed by atoms with Crippen molar-refractivity contribution in [3.63, 3.8) is 0 Å². The number of aromatic nitrogens is 2. The Kier molecular flexibility index (Phi) is 6.44. The maximum Gasteiger partial charge on any atom is 0.202 e. The molecule has 0 saturated heterocycles. The van der Waals surface area contributed by atoms with Gasteiger partial charge in [-0.2, -0.15) is 4.37 Å². The first-order valence-electron chi connectivity index (χ1n) is 6.44. The Morgan fingerprint density at radius 2 is 2.12 bits per heavy atom. The third kappa shape index (κ3) is 5.00. The molecule has 0 fully saturated rings. The highest BCUT2D eigenvalue weighted by Gasteiger charge is 2.10. The average Bonchev–Trinajstić information content (AvgIpc) is 2.75. The molecule has 0 spiro atoms. The molecule has 1 aromatic rings. The van der Waals surface area contributed by atoms with Crippen molar-refractivity contribution in [2.24, 2.45) is 11.7 Å². The number of nitrogens with one attached hydrogen (secondary N) is 1. The molecule has 5 heteroatoms. The van der Waals surface area contributed by atoms with Gasteiger partial charge < -0.3 is 11.1 Å². The second-order valence-electron chi connectivity index (χ2n) is 4.73. The zero-order chi connectivity index (χ0) is 12.7. The molecule has 3 N–H and O–H groups in total. The molecule has 1 unspecified atom stereocenters. The van der Waals surface area contributed by atoms with Crippen molar-refractivity contribution in [3.8, 4) is 0 Å². The van der Waals surface area contributed by atoms with Crippen molar-refractivity contribution in [1.82, 2.24) is 9.36 Å². The summed E-state index contributed by atoms with van der Waals surface area (Å²) in [5.74, 6) is 1.98. The van der Waals surface area contributed by atoms with Crippen LogP contribution >= 0.6 is 11.5 Å². The predicted molar refractivity (Wildman–Crippen MR) is 74.6 cm³/mol. The molecule has 0 amide bonds. The van der Waals surface area contributed by atoms with Crippen LogP contribution in [-0.2, 0) is 0 Å². The van der Waals surface area contributed by atoms with Gasteiger partial charge in [0.05, 0.1) is 0 Å². The van der Waals surface area contributed by atoms with Gasteiger partial charge in [0.2, 0.25) is 5.13 Å². The summed E-state index contributed by atoms with van der Waals surface area (Å²) in [4.78, 5) is 4.47. The van der Waals surface area contributed by atoms with Crippen LogP contribution in [0.1, 0.15) is 51.8 Å². The molecule has 0 aromatic carbocycles. The summed E-state index contributed by atoms with van der Waals surface area (Å²) in [6.45, 7) is 8.16. The summed E-state index contributed by atoms with van der Waals surface area (Å²) < 4.78 is 4.33. The lowest BCUT2D eigenvalue weighted by atomic mass is 10.00. The maximum atomic E-state index is 5.62. The van der Waals surface area contributed by atoms with Crippen LogP contribution in [-0.4, -0.2) is 22.4 Å². The van der Waals surface area contributed by atoms with Gasteiger partial charge in [0.15, 0.2) is 0 Å². The summed E-state index contributed by atoms with van der Waals surface area (Å²) in [5.41, 5.74) is 5.62. The summed E-state index contributed by atoms with van der Waals surface area (Å²) in [5, 5.41) is 4.32. The van der Waals surface area contributed by atoms with Gasteiger partial charge in [0.1, 0.15) is 5.82 Å². The fourth-order valence-electron chi connectivity index (χ4n) is 1.77. The van der Waals surface area contributed by atoms with Gasteiger partial charge in [-0.15, -0.1) is 0 Å². The van der Waals surface area contributed by atoms with Crippen molar-refractivity contribution in [3.05, 3.63) is 5.82 Å². The minimum atomic E-state index is 0.400. The number of anilines is 1. The molecule has 1 heterocycles. The normalized spacial score (nSPS) is 13.0. The number of nitrogens with two attached hydrogens (primary N) is 1. The molecule has 4 nitrogen and oxygen atoms in total. The molecule has 1 aromatic heterocycles. The molecule has 0 saturated carbocycles. The Morgan fingerprint density at radius 1 is 1.35 bits per heavy atom. The molecular weight excluding hydrogens is 232 g/mol. The second kappa shape index (κ2) is 7.61. The second-order valence-corrected chi connectivity index (χ2v) is 5.48. The zero-order valence-electron chi connectivity index (χ0n) is 11.1. The van der Waals surface area contributed by atoms with Crippen LogP contribution in [0.5, 0.6) is 0 Å². The molecule has 0 aliphatic heterocycles. The lowest BCUT2D eigenvalue weighted by Gasteiger charge is -2.14. The smallest absolute Gasteiger partial charge is 0.202 e. The SMILES string of the molecule is CCCC(CCN)CNc1nc(C(C)C)ns1. The standard InChI is InChI=1S/C12H24N4S/c1-4-5-10(6-7-13)8-14-12-15-11(9(2)3)16-17-12/h9-10H,4-8,13H2,1-3H3,(H,14,15,16). The minimum Gasteiger partial charge on any atom is -0.360 e. The topological polar surface area (TPSA) is 63.8 Å². The van der Waals surface area contributed by atoms with Gasteiger partial charge in [0, 0.05) is 24.0 Å². The molecule has 0 bridgehead atoms. The first-order chi connectivity index (χ1) is 8.17. The molecule has 0 aliphatic rings. The molecule has 1 atom stereocenters. The van der Waals surface area contributed by atoms with Crippen LogP contribution in [0.2, 0.25) is 0 Å². The van der Waals surface area contributed by atoms with Gasteiger partial charge in [-0.25, -0.2) is 4.98 Å². The van der Waals surface area contributed by atoms with Crippen LogP contribution in [0.4, 0.5) is 5.13 Å². The van der Waals surface area contributed by atoms with E-state index in [1.165, 1.54) is 24.4 Å². The van der Waals surface area contributed by atoms with E-state index in [9.17, 15) is 0 Å². The Labute approximate surface area is 108 Å². The van der Waals surface area contributed by atoms with Gasteiger partial charge in [-0.05, 0) is 25.3 Å². The van der Waals surface area contributed by atoms with E-state index in [0.717, 1.165) is 30.5 Å². The third-order valence-electron chi connectivity index (χ3n) is 2.77. The zero-order valence-corrected chi connectivity index (χ0v) is 11.9. The van der Waals surface area contributed by atoms with Crippen LogP contribution in [0, 0.1) is 5.92 Å². The van der Waals surface area contributed by atoms with Crippen molar-refractivity contribution in [1.29, 1.82) is 0 Å². The third-order valence-corrected chi connectivity index (χ3v) is 3.46. The summed E-state index contributed by atoms with van der Waals surface area (Å²) >= 11 is 1.45. The molecule has 0 aliphatic carbocycles. The van der Waals surface area contributed by atoms with Gasteiger partial charge >= 0.3 is 0 Å². The molecule has 17 heavy (non-hydrogen) atoms. The molecule has 98 valence electrons. The largest absolute Gasteiger partial charge is 0.360 e. The molecule has 0 radical (unpaired) electrons. The minimum absolute atomic E-state index is 0.400. The molecular formula is C12H24N4S. The average molecular weight is 256 g/mol. The van der Waals surface area contributed by atoms with Crippen molar-refractivity contribution < 1.29 is 0 Å². The highest BCUT2D eigenvalue weighted by molar-refractivity contribution is 7.09. The predicted octanol–water partition coefficient (Wildman–Crippen LogP) is 2.84. The highest BCUT2D eigenvalue weighted by Crippen LogP contribution is 2.18. The number of hydrogen-bond donors (Lipinski definition) is 2. The lowest BCUT2D eigenvalue weighted by Crippen LogP contribution is -2.18. The Bertz CT molecular complexity index is 305. The van der Waals surface area contributed by atoms with Crippen molar-refractivity contribution >= 4 is 16.7 Å². The van der Waals surface area contributed by atoms with Crippen molar-refractivity contribution in [2.45, 2.75) is 46.0 Å².